The van der Waals surface area contributed by atoms with Crippen molar-refractivity contribution in [3.05, 3.63) is 0 Å². The highest BCUT2D eigenvalue weighted by molar-refractivity contribution is 5.74. The molecule has 0 aromatic carbocycles. The SMILES string of the molecule is O=C(O)CC1(CNC(=O)N2CCNCC2)CCCCC1. The number of carboxylic acids is 1. The first-order valence-corrected chi connectivity index (χ1v) is 7.57. The van der Waals surface area contributed by atoms with Crippen molar-refractivity contribution in [3.8, 4) is 0 Å². The molecule has 6 heteroatoms. The number of nitrogens with one attached hydrogen (secondary N) is 2. The molecule has 114 valence electrons. The van der Waals surface area contributed by atoms with Crippen molar-refractivity contribution in [1.29, 1.82) is 0 Å². The van der Waals surface area contributed by atoms with Crippen molar-refractivity contribution in [1.82, 2.24) is 15.5 Å². The number of amides is 2. The molecule has 1 heterocycles. The molecule has 6 nitrogen and oxygen atoms in total. The summed E-state index contributed by atoms with van der Waals surface area (Å²) in [6, 6.07) is -0.0539. The van der Waals surface area contributed by atoms with E-state index in [0.717, 1.165) is 51.9 Å². The maximum absolute atomic E-state index is 12.1. The lowest BCUT2D eigenvalue weighted by Gasteiger charge is -2.37. The van der Waals surface area contributed by atoms with Gasteiger partial charge in [-0.15, -0.1) is 0 Å². The van der Waals surface area contributed by atoms with Crippen LogP contribution in [-0.4, -0.2) is 54.7 Å². The molecule has 2 rings (SSSR count). The van der Waals surface area contributed by atoms with Gasteiger partial charge in [-0.25, -0.2) is 4.79 Å². The second-order valence-electron chi connectivity index (χ2n) is 6.03. The van der Waals surface area contributed by atoms with E-state index in [4.69, 9.17) is 5.11 Å². The van der Waals surface area contributed by atoms with Crippen molar-refractivity contribution in [2.75, 3.05) is 32.7 Å². The molecule has 2 fully saturated rings. The standard InChI is InChI=1S/C14H25N3O3/c18-12(19)10-14(4-2-1-3-5-14)11-16-13(20)17-8-6-15-7-9-17/h15H,1-11H2,(H,16,20)(H,18,19). The minimum absolute atomic E-state index is 0.0539. The summed E-state index contributed by atoms with van der Waals surface area (Å²) in [7, 11) is 0. The first-order chi connectivity index (χ1) is 9.61. The van der Waals surface area contributed by atoms with Gasteiger partial charge >= 0.3 is 12.0 Å². The Bertz CT molecular complexity index is 348. The van der Waals surface area contributed by atoms with E-state index in [-0.39, 0.29) is 17.9 Å². The lowest BCUT2D eigenvalue weighted by atomic mass is 9.72. The van der Waals surface area contributed by atoms with Crippen LogP contribution in [0.3, 0.4) is 0 Å². The van der Waals surface area contributed by atoms with E-state index in [1.807, 2.05) is 0 Å². The summed E-state index contributed by atoms with van der Waals surface area (Å²) < 4.78 is 0. The van der Waals surface area contributed by atoms with Crippen LogP contribution in [0.25, 0.3) is 0 Å². The van der Waals surface area contributed by atoms with E-state index in [0.29, 0.717) is 6.54 Å². The van der Waals surface area contributed by atoms with Crippen molar-refractivity contribution < 1.29 is 14.7 Å². The van der Waals surface area contributed by atoms with Crippen LogP contribution in [0.15, 0.2) is 0 Å². The van der Waals surface area contributed by atoms with Gasteiger partial charge in [0.15, 0.2) is 0 Å². The summed E-state index contributed by atoms with van der Waals surface area (Å²) in [4.78, 5) is 25.0. The lowest BCUT2D eigenvalue weighted by Crippen LogP contribution is -2.52. The monoisotopic (exact) mass is 283 g/mol. The molecule has 2 aliphatic rings. The molecule has 1 aliphatic carbocycles. The Hall–Kier alpha value is -1.30. The highest BCUT2D eigenvalue weighted by Gasteiger charge is 2.35. The molecule has 1 aliphatic heterocycles. The third-order valence-electron chi connectivity index (χ3n) is 4.46. The quantitative estimate of drug-likeness (QED) is 0.719. The van der Waals surface area contributed by atoms with E-state index in [1.165, 1.54) is 6.42 Å². The highest BCUT2D eigenvalue weighted by Crippen LogP contribution is 2.38. The minimum Gasteiger partial charge on any atom is -0.481 e. The Morgan fingerprint density at radius 3 is 2.40 bits per heavy atom. The van der Waals surface area contributed by atoms with Crippen LogP contribution in [0, 0.1) is 5.41 Å². The molecule has 0 radical (unpaired) electrons. The number of carbonyl (C=O) groups is 2. The molecule has 3 N–H and O–H groups in total. The van der Waals surface area contributed by atoms with E-state index >= 15 is 0 Å². The molecule has 0 atom stereocenters. The van der Waals surface area contributed by atoms with Crippen LogP contribution >= 0.6 is 0 Å². The van der Waals surface area contributed by atoms with Gasteiger partial charge in [-0.2, -0.15) is 0 Å². The Morgan fingerprint density at radius 1 is 1.15 bits per heavy atom. The summed E-state index contributed by atoms with van der Waals surface area (Å²) in [6.45, 7) is 3.58. The fourth-order valence-corrected chi connectivity index (χ4v) is 3.28. The smallest absolute Gasteiger partial charge is 0.317 e. The molecule has 0 spiro atoms. The van der Waals surface area contributed by atoms with Gasteiger partial charge in [-0.1, -0.05) is 19.3 Å². The Morgan fingerprint density at radius 2 is 1.80 bits per heavy atom. The number of rotatable bonds is 4. The number of hydrogen-bond donors (Lipinski definition) is 3. The fraction of sp³-hybridized carbons (Fsp3) is 0.857. The third-order valence-corrected chi connectivity index (χ3v) is 4.46. The van der Waals surface area contributed by atoms with Crippen molar-refractivity contribution in [3.63, 3.8) is 0 Å². The molecule has 0 bridgehead atoms. The molecular weight excluding hydrogens is 258 g/mol. The summed E-state index contributed by atoms with van der Waals surface area (Å²) in [5.74, 6) is -0.761. The van der Waals surface area contributed by atoms with Gasteiger partial charge in [0.25, 0.3) is 0 Å². The lowest BCUT2D eigenvalue weighted by molar-refractivity contribution is -0.140. The van der Waals surface area contributed by atoms with E-state index in [2.05, 4.69) is 10.6 Å². The molecule has 1 saturated heterocycles. The number of hydrogen-bond acceptors (Lipinski definition) is 3. The predicted octanol–water partition coefficient (Wildman–Crippen LogP) is 1.03. The second-order valence-corrected chi connectivity index (χ2v) is 6.03. The van der Waals surface area contributed by atoms with E-state index < -0.39 is 5.97 Å². The molecule has 0 aromatic heterocycles. The largest absolute Gasteiger partial charge is 0.481 e. The number of aliphatic carboxylic acids is 1. The number of nitrogens with zero attached hydrogens (tertiary/aromatic N) is 1. The molecule has 0 aromatic rings. The molecule has 20 heavy (non-hydrogen) atoms. The van der Waals surface area contributed by atoms with Crippen molar-refractivity contribution in [2.45, 2.75) is 38.5 Å². The maximum Gasteiger partial charge on any atom is 0.317 e. The van der Waals surface area contributed by atoms with Gasteiger partial charge in [0.2, 0.25) is 0 Å². The van der Waals surface area contributed by atoms with Crippen LogP contribution in [0.2, 0.25) is 0 Å². The van der Waals surface area contributed by atoms with Crippen LogP contribution in [0.4, 0.5) is 4.79 Å². The highest BCUT2D eigenvalue weighted by atomic mass is 16.4. The first-order valence-electron chi connectivity index (χ1n) is 7.57. The normalized spacial score (nSPS) is 22.3. The van der Waals surface area contributed by atoms with Gasteiger partial charge in [0.1, 0.15) is 0 Å². The zero-order valence-corrected chi connectivity index (χ0v) is 12.0. The van der Waals surface area contributed by atoms with Gasteiger partial charge < -0.3 is 20.6 Å². The van der Waals surface area contributed by atoms with Crippen LogP contribution in [0.1, 0.15) is 38.5 Å². The predicted molar refractivity (Wildman–Crippen MR) is 75.6 cm³/mol. The second kappa shape index (κ2) is 6.92. The Balaban J connectivity index is 1.87. The Labute approximate surface area is 119 Å². The van der Waals surface area contributed by atoms with Crippen molar-refractivity contribution in [2.24, 2.45) is 5.41 Å². The number of carboxylic acid groups (broad SMARTS) is 1. The number of urea groups is 1. The molecule has 1 saturated carbocycles. The van der Waals surface area contributed by atoms with Gasteiger partial charge in [-0.05, 0) is 18.3 Å². The van der Waals surface area contributed by atoms with E-state index in [9.17, 15) is 9.59 Å². The average molecular weight is 283 g/mol. The van der Waals surface area contributed by atoms with Gasteiger partial charge in [-0.3, -0.25) is 4.79 Å². The fourth-order valence-electron chi connectivity index (χ4n) is 3.28. The summed E-state index contributed by atoms with van der Waals surface area (Å²) in [5, 5.41) is 15.3. The topological polar surface area (TPSA) is 81.7 Å². The molecule has 0 unspecified atom stereocenters. The van der Waals surface area contributed by atoms with Gasteiger partial charge in [0, 0.05) is 32.7 Å². The number of carbonyl (C=O) groups excluding carboxylic acids is 1. The summed E-state index contributed by atoms with van der Waals surface area (Å²) in [6.07, 6.45) is 5.28. The summed E-state index contributed by atoms with van der Waals surface area (Å²) in [5.41, 5.74) is -0.242. The number of piperazine rings is 1. The zero-order chi connectivity index (χ0) is 14.4. The van der Waals surface area contributed by atoms with Crippen LogP contribution in [0.5, 0.6) is 0 Å². The van der Waals surface area contributed by atoms with Gasteiger partial charge in [0.05, 0.1) is 6.42 Å². The Kier molecular flexibility index (Phi) is 5.23. The van der Waals surface area contributed by atoms with E-state index in [1.54, 1.807) is 4.90 Å². The molecule has 2 amide bonds. The summed E-state index contributed by atoms with van der Waals surface area (Å²) >= 11 is 0. The first kappa shape index (κ1) is 15.1. The van der Waals surface area contributed by atoms with Crippen LogP contribution in [-0.2, 0) is 4.79 Å². The van der Waals surface area contributed by atoms with Crippen LogP contribution < -0.4 is 10.6 Å². The third kappa shape index (κ3) is 4.10. The molecular formula is C14H25N3O3. The van der Waals surface area contributed by atoms with Crippen molar-refractivity contribution >= 4 is 12.0 Å². The zero-order valence-electron chi connectivity index (χ0n) is 12.0. The average Bonchev–Trinajstić information content (AvgIpc) is 2.46. The minimum atomic E-state index is -0.761. The maximum atomic E-state index is 12.1.